The van der Waals surface area contributed by atoms with Crippen molar-refractivity contribution in [2.45, 2.75) is 13.7 Å². The minimum atomic E-state index is -0.711. The van der Waals surface area contributed by atoms with Gasteiger partial charge < -0.3 is 9.15 Å². The van der Waals surface area contributed by atoms with Crippen LogP contribution in [-0.4, -0.2) is 21.0 Å². The molecule has 0 fully saturated rings. The largest absolute Gasteiger partial charge is 0.447 e. The van der Waals surface area contributed by atoms with E-state index in [0.717, 1.165) is 10.1 Å². The number of hydrogen-bond acceptors (Lipinski definition) is 6. The molecule has 0 saturated heterocycles. The molecule has 2 heterocycles. The fourth-order valence-corrected chi connectivity index (χ4v) is 2.91. The van der Waals surface area contributed by atoms with E-state index in [0.29, 0.717) is 27.1 Å². The third-order valence-electron chi connectivity index (χ3n) is 4.05. The molecule has 0 N–H and O–H groups in total. The number of nitrogens with zero attached hydrogens (tertiary/aromatic N) is 3. The molecule has 4 rings (SSSR count). The summed E-state index contributed by atoms with van der Waals surface area (Å²) in [6.07, 6.45) is 0. The van der Waals surface area contributed by atoms with Crippen molar-refractivity contribution in [3.63, 3.8) is 0 Å². The highest BCUT2D eigenvalue weighted by molar-refractivity contribution is 6.35. The highest BCUT2D eigenvalue weighted by atomic mass is 35.5. The van der Waals surface area contributed by atoms with Crippen molar-refractivity contribution in [2.24, 2.45) is 0 Å². The van der Waals surface area contributed by atoms with Gasteiger partial charge >= 0.3 is 5.97 Å². The maximum Gasteiger partial charge on any atom is 0.376 e. The molecule has 0 radical (unpaired) electrons. The first-order chi connectivity index (χ1) is 12.6. The van der Waals surface area contributed by atoms with Crippen LogP contribution in [0.25, 0.3) is 21.9 Å². The normalized spacial score (nSPS) is 11.2. The minimum Gasteiger partial charge on any atom is -0.447 e. The van der Waals surface area contributed by atoms with Crippen LogP contribution in [0.5, 0.6) is 0 Å². The van der Waals surface area contributed by atoms with E-state index in [-0.39, 0.29) is 12.5 Å². The SMILES string of the molecule is Cc1c(C(=O)OCn2nnc3ccccc3c2=O)oc2c(Cl)cccc12. The van der Waals surface area contributed by atoms with Gasteiger partial charge in [0.1, 0.15) is 5.52 Å². The summed E-state index contributed by atoms with van der Waals surface area (Å²) in [5, 5.41) is 9.24. The van der Waals surface area contributed by atoms with E-state index in [9.17, 15) is 9.59 Å². The second kappa shape index (κ2) is 6.27. The Balaban J connectivity index is 1.62. The highest BCUT2D eigenvalue weighted by Crippen LogP contribution is 2.30. The number of fused-ring (bicyclic) bond motifs is 2. The molecule has 2 aromatic carbocycles. The summed E-state index contributed by atoms with van der Waals surface area (Å²) in [7, 11) is 0. The Kier molecular flexibility index (Phi) is 3.93. The number of furan rings is 1. The Labute approximate surface area is 151 Å². The molecule has 0 aliphatic heterocycles. The second-order valence-electron chi connectivity index (χ2n) is 5.64. The second-order valence-corrected chi connectivity index (χ2v) is 6.05. The Hall–Kier alpha value is -3.19. The number of benzene rings is 2. The summed E-state index contributed by atoms with van der Waals surface area (Å²) < 4.78 is 11.7. The van der Waals surface area contributed by atoms with Crippen LogP contribution in [0.1, 0.15) is 16.1 Å². The van der Waals surface area contributed by atoms with Gasteiger partial charge in [0.05, 0.1) is 10.4 Å². The molecule has 4 aromatic rings. The van der Waals surface area contributed by atoms with Crippen molar-refractivity contribution in [2.75, 3.05) is 0 Å². The van der Waals surface area contributed by atoms with E-state index in [2.05, 4.69) is 10.3 Å². The number of hydrogen-bond donors (Lipinski definition) is 0. The molecule has 0 aliphatic rings. The topological polar surface area (TPSA) is 87.2 Å². The minimum absolute atomic E-state index is 0.0369. The van der Waals surface area contributed by atoms with Crippen LogP contribution in [0.2, 0.25) is 5.02 Å². The summed E-state index contributed by atoms with van der Waals surface area (Å²) in [5.41, 5.74) is 1.11. The zero-order valence-electron chi connectivity index (χ0n) is 13.6. The van der Waals surface area contributed by atoms with Crippen LogP contribution < -0.4 is 5.56 Å². The molecule has 7 nitrogen and oxygen atoms in total. The summed E-state index contributed by atoms with van der Waals surface area (Å²) in [4.78, 5) is 24.7. The molecular formula is C18H12ClN3O4. The molecule has 0 spiro atoms. The number of aryl methyl sites for hydroxylation is 1. The third-order valence-corrected chi connectivity index (χ3v) is 4.35. The molecule has 0 saturated carbocycles. The van der Waals surface area contributed by atoms with Gasteiger partial charge in [0, 0.05) is 10.9 Å². The van der Waals surface area contributed by atoms with Crippen LogP contribution >= 0.6 is 11.6 Å². The molecule has 0 bridgehead atoms. The van der Waals surface area contributed by atoms with Crippen molar-refractivity contribution in [3.05, 3.63) is 69.2 Å². The Morgan fingerprint density at radius 1 is 1.19 bits per heavy atom. The van der Waals surface area contributed by atoms with Crippen molar-refractivity contribution < 1.29 is 13.9 Å². The number of para-hydroxylation sites is 1. The van der Waals surface area contributed by atoms with Crippen LogP contribution in [0.15, 0.2) is 51.7 Å². The van der Waals surface area contributed by atoms with E-state index in [4.69, 9.17) is 20.8 Å². The first-order valence-electron chi connectivity index (χ1n) is 7.73. The summed E-state index contributed by atoms with van der Waals surface area (Å²) in [5.74, 6) is -0.675. The summed E-state index contributed by atoms with van der Waals surface area (Å²) in [6.45, 7) is 1.36. The molecular weight excluding hydrogens is 358 g/mol. The molecule has 2 aromatic heterocycles. The predicted molar refractivity (Wildman–Crippen MR) is 95.2 cm³/mol. The standard InChI is InChI=1S/C18H12ClN3O4/c1-10-11-6-4-7-13(19)16(11)26-15(10)18(24)25-9-22-17(23)12-5-2-3-8-14(12)20-21-22/h2-8H,9H2,1H3. The number of ether oxygens (including phenoxy) is 1. The Bertz CT molecular complexity index is 1210. The predicted octanol–water partition coefficient (Wildman–Crippen LogP) is 3.31. The van der Waals surface area contributed by atoms with Gasteiger partial charge in [0.15, 0.2) is 12.3 Å². The lowest BCUT2D eigenvalue weighted by atomic mass is 10.1. The van der Waals surface area contributed by atoms with Gasteiger partial charge in [0.2, 0.25) is 5.76 Å². The number of esters is 1. The van der Waals surface area contributed by atoms with E-state index in [1.807, 2.05) is 0 Å². The van der Waals surface area contributed by atoms with E-state index >= 15 is 0 Å². The zero-order valence-corrected chi connectivity index (χ0v) is 14.4. The van der Waals surface area contributed by atoms with E-state index < -0.39 is 11.5 Å². The van der Waals surface area contributed by atoms with Crippen LogP contribution in [-0.2, 0) is 11.5 Å². The monoisotopic (exact) mass is 369 g/mol. The fourth-order valence-electron chi connectivity index (χ4n) is 2.70. The van der Waals surface area contributed by atoms with Crippen molar-refractivity contribution in [1.82, 2.24) is 15.0 Å². The average molecular weight is 370 g/mol. The molecule has 26 heavy (non-hydrogen) atoms. The summed E-state index contributed by atoms with van der Waals surface area (Å²) in [6, 6.07) is 12.0. The lowest BCUT2D eigenvalue weighted by molar-refractivity contribution is 0.0301. The first kappa shape index (κ1) is 16.3. The van der Waals surface area contributed by atoms with E-state index in [1.165, 1.54) is 0 Å². The van der Waals surface area contributed by atoms with Gasteiger partial charge in [-0.2, -0.15) is 4.68 Å². The highest BCUT2D eigenvalue weighted by Gasteiger charge is 2.20. The molecule has 0 unspecified atom stereocenters. The lowest BCUT2D eigenvalue weighted by Gasteiger charge is -2.05. The molecule has 130 valence electrons. The van der Waals surface area contributed by atoms with E-state index in [1.54, 1.807) is 49.4 Å². The van der Waals surface area contributed by atoms with Gasteiger partial charge in [0.25, 0.3) is 5.56 Å². The molecule has 0 atom stereocenters. The number of carbonyl (C=O) groups excluding carboxylic acids is 1. The number of carbonyl (C=O) groups is 1. The van der Waals surface area contributed by atoms with Gasteiger partial charge in [-0.25, -0.2) is 4.79 Å². The quantitative estimate of drug-likeness (QED) is 0.515. The zero-order chi connectivity index (χ0) is 18.3. The Morgan fingerprint density at radius 2 is 1.96 bits per heavy atom. The number of rotatable bonds is 3. The van der Waals surface area contributed by atoms with Gasteiger partial charge in [-0.3, -0.25) is 4.79 Å². The van der Waals surface area contributed by atoms with Crippen molar-refractivity contribution in [3.8, 4) is 0 Å². The van der Waals surface area contributed by atoms with Gasteiger partial charge in [-0.1, -0.05) is 41.1 Å². The maximum absolute atomic E-state index is 12.4. The maximum atomic E-state index is 12.4. The van der Waals surface area contributed by atoms with Crippen molar-refractivity contribution >= 4 is 39.4 Å². The lowest BCUT2D eigenvalue weighted by Crippen LogP contribution is -2.26. The van der Waals surface area contributed by atoms with Gasteiger partial charge in [-0.05, 0) is 25.1 Å². The number of halogens is 1. The van der Waals surface area contributed by atoms with Crippen LogP contribution in [0.4, 0.5) is 0 Å². The van der Waals surface area contributed by atoms with Crippen LogP contribution in [0, 0.1) is 6.92 Å². The van der Waals surface area contributed by atoms with Gasteiger partial charge in [-0.15, -0.1) is 5.10 Å². The van der Waals surface area contributed by atoms with Crippen LogP contribution in [0.3, 0.4) is 0 Å². The first-order valence-corrected chi connectivity index (χ1v) is 8.11. The number of aromatic nitrogens is 3. The smallest absolute Gasteiger partial charge is 0.376 e. The van der Waals surface area contributed by atoms with Crippen molar-refractivity contribution in [1.29, 1.82) is 0 Å². The summed E-state index contributed by atoms with van der Waals surface area (Å²) >= 11 is 6.09. The average Bonchev–Trinajstić information content (AvgIpc) is 3.00. The fraction of sp³-hybridized carbons (Fsp3) is 0.111. The Morgan fingerprint density at radius 3 is 2.77 bits per heavy atom. The molecule has 8 heteroatoms. The molecule has 0 aliphatic carbocycles. The molecule has 0 amide bonds. The third kappa shape index (κ3) is 2.62.